The summed E-state index contributed by atoms with van der Waals surface area (Å²) in [5.41, 5.74) is 13.8. The van der Waals surface area contributed by atoms with Crippen molar-refractivity contribution in [3.05, 3.63) is 94.9 Å². The quantitative estimate of drug-likeness (QED) is 0.409. The number of benzene rings is 2. The molecule has 0 saturated heterocycles. The van der Waals surface area contributed by atoms with Crippen LogP contribution in [0.1, 0.15) is 18.3 Å². The number of nitrogens with two attached hydrogens (primary N) is 2. The molecule has 5 rings (SSSR count). The first kappa shape index (κ1) is 23.0. The van der Waals surface area contributed by atoms with Gasteiger partial charge in [0.25, 0.3) is 5.56 Å². The number of aryl methyl sites for hydroxylation is 1. The lowest BCUT2D eigenvalue weighted by Crippen LogP contribution is -2.24. The lowest BCUT2D eigenvalue weighted by Gasteiger charge is -2.14. The van der Waals surface area contributed by atoms with Crippen LogP contribution in [0.2, 0.25) is 0 Å². The molecule has 0 aliphatic carbocycles. The Morgan fingerprint density at radius 1 is 0.971 bits per heavy atom. The van der Waals surface area contributed by atoms with Gasteiger partial charge in [-0.2, -0.15) is 20.4 Å². The summed E-state index contributed by atoms with van der Waals surface area (Å²) in [6.07, 6.45) is 5.24. The third-order valence-corrected chi connectivity index (χ3v) is 5.15. The molecule has 0 bridgehead atoms. The zero-order valence-electron chi connectivity index (χ0n) is 18.8. The van der Waals surface area contributed by atoms with Crippen molar-refractivity contribution >= 4 is 22.7 Å². The summed E-state index contributed by atoms with van der Waals surface area (Å²) < 4.78 is 1.69. The van der Waals surface area contributed by atoms with E-state index in [1.165, 1.54) is 6.20 Å². The molecule has 10 nitrogen and oxygen atoms in total. The maximum atomic E-state index is 13.4. The fourth-order valence-electron chi connectivity index (χ4n) is 3.54. The summed E-state index contributed by atoms with van der Waals surface area (Å²) >= 11 is 0. The topological polar surface area (TPSA) is 162 Å². The van der Waals surface area contributed by atoms with Crippen LogP contribution in [0.5, 0.6) is 0 Å². The number of fused-ring (bicyclic) bond motifs is 1. The van der Waals surface area contributed by atoms with Gasteiger partial charge in [-0.05, 0) is 29.8 Å². The van der Waals surface area contributed by atoms with Gasteiger partial charge < -0.3 is 11.5 Å². The average Bonchev–Trinajstić information content (AvgIpc) is 2.89. The van der Waals surface area contributed by atoms with Gasteiger partial charge in [0.1, 0.15) is 23.3 Å². The Balaban J connectivity index is 0.000000243. The Morgan fingerprint density at radius 3 is 2.43 bits per heavy atom. The van der Waals surface area contributed by atoms with Crippen LogP contribution in [0.3, 0.4) is 0 Å². The van der Waals surface area contributed by atoms with Crippen molar-refractivity contribution in [3.8, 4) is 22.9 Å². The normalized spacial score (nSPS) is 10.3. The van der Waals surface area contributed by atoms with E-state index in [9.17, 15) is 4.79 Å². The summed E-state index contributed by atoms with van der Waals surface area (Å²) in [6, 6.07) is 19.0. The molecule has 0 radical (unpaired) electrons. The first-order valence-electron chi connectivity index (χ1n) is 10.7. The van der Waals surface area contributed by atoms with E-state index in [0.717, 1.165) is 22.6 Å². The van der Waals surface area contributed by atoms with Crippen molar-refractivity contribution in [3.63, 3.8) is 0 Å². The van der Waals surface area contributed by atoms with Crippen molar-refractivity contribution in [2.75, 3.05) is 11.5 Å². The molecule has 10 heteroatoms. The maximum absolute atomic E-state index is 13.4. The fourth-order valence-corrected chi connectivity index (χ4v) is 3.54. The van der Waals surface area contributed by atoms with Gasteiger partial charge in [0.15, 0.2) is 0 Å². The number of anilines is 2. The third-order valence-electron chi connectivity index (χ3n) is 5.15. The van der Waals surface area contributed by atoms with Crippen LogP contribution in [-0.4, -0.2) is 29.7 Å². The third kappa shape index (κ3) is 4.79. The minimum Gasteiger partial charge on any atom is -0.382 e. The lowest BCUT2D eigenvalue weighted by molar-refractivity contribution is 0.833. The smallest absolute Gasteiger partial charge is 0.266 e. The Kier molecular flexibility index (Phi) is 6.69. The molecule has 3 heterocycles. The number of nitriles is 1. The van der Waals surface area contributed by atoms with E-state index in [-0.39, 0.29) is 22.9 Å². The molecule has 0 unspecified atom stereocenters. The molecule has 0 fully saturated rings. The molecular weight excluding hydrogens is 442 g/mol. The van der Waals surface area contributed by atoms with Crippen molar-refractivity contribution in [2.24, 2.45) is 0 Å². The van der Waals surface area contributed by atoms with E-state index < -0.39 is 0 Å². The molecule has 0 atom stereocenters. The van der Waals surface area contributed by atoms with Crippen LogP contribution in [0.4, 0.5) is 11.8 Å². The number of para-hydroxylation sites is 1. The van der Waals surface area contributed by atoms with Crippen molar-refractivity contribution < 1.29 is 0 Å². The van der Waals surface area contributed by atoms with Gasteiger partial charge in [-0.1, -0.05) is 37.3 Å². The van der Waals surface area contributed by atoms with Crippen molar-refractivity contribution in [1.82, 2.24) is 29.7 Å². The summed E-state index contributed by atoms with van der Waals surface area (Å²) in [5, 5.41) is 16.7. The van der Waals surface area contributed by atoms with E-state index in [0.29, 0.717) is 17.3 Å². The average molecular weight is 464 g/mol. The molecule has 2 aromatic carbocycles. The van der Waals surface area contributed by atoms with Crippen molar-refractivity contribution in [1.29, 1.82) is 5.26 Å². The van der Waals surface area contributed by atoms with Crippen molar-refractivity contribution in [2.45, 2.75) is 13.3 Å². The Labute approximate surface area is 200 Å². The number of nitrogen functional groups attached to an aromatic ring is 2. The number of aromatic nitrogens is 6. The minimum absolute atomic E-state index is 0.0690. The highest BCUT2D eigenvalue weighted by atomic mass is 16.1. The number of hydrogen-bond donors (Lipinski definition) is 2. The molecule has 35 heavy (non-hydrogen) atoms. The SMILES string of the molecule is CCc1nc2cccc(-c3ccnnc3)c2c(=O)n1-c1ccccc1.N#Cc1cnc(N)nc1N. The first-order chi connectivity index (χ1) is 17.0. The fraction of sp³-hybridized carbons (Fsp3) is 0.0800. The number of rotatable bonds is 3. The molecule has 0 saturated carbocycles. The highest BCUT2D eigenvalue weighted by molar-refractivity contribution is 5.94. The molecule has 0 aliphatic rings. The highest BCUT2D eigenvalue weighted by Crippen LogP contribution is 2.25. The standard InChI is InChI=1S/C20H16N4O.C5H5N5/c1-2-18-23-17-10-6-9-16(14-11-12-21-22-13-14)19(17)20(25)24(18)15-7-4-3-5-8-15;6-1-3-2-9-5(8)10-4(3)7/h3-13H,2H2,1H3;2H,(H4,7,8,9,10). The van der Waals surface area contributed by atoms with Crippen LogP contribution in [0.25, 0.3) is 27.7 Å². The van der Waals surface area contributed by atoms with Gasteiger partial charge in [0.05, 0.1) is 35.2 Å². The van der Waals surface area contributed by atoms with Crippen LogP contribution in [0.15, 0.2) is 78.0 Å². The van der Waals surface area contributed by atoms with Gasteiger partial charge in [0.2, 0.25) is 5.95 Å². The van der Waals surface area contributed by atoms with Crippen LogP contribution in [0, 0.1) is 11.3 Å². The lowest BCUT2D eigenvalue weighted by atomic mass is 10.0. The van der Waals surface area contributed by atoms with E-state index in [4.69, 9.17) is 21.7 Å². The second-order valence-electron chi connectivity index (χ2n) is 7.33. The monoisotopic (exact) mass is 463 g/mol. The predicted octanol–water partition coefficient (Wildman–Crippen LogP) is 2.92. The van der Waals surface area contributed by atoms with E-state index in [1.54, 1.807) is 17.0 Å². The molecule has 0 spiro atoms. The first-order valence-corrected chi connectivity index (χ1v) is 10.7. The van der Waals surface area contributed by atoms with Gasteiger partial charge in [-0.3, -0.25) is 9.36 Å². The predicted molar refractivity (Wildman–Crippen MR) is 133 cm³/mol. The maximum Gasteiger partial charge on any atom is 0.266 e. The summed E-state index contributed by atoms with van der Waals surface area (Å²) in [5.74, 6) is 0.945. The van der Waals surface area contributed by atoms with Gasteiger partial charge in [-0.15, -0.1) is 0 Å². The molecule has 0 aliphatic heterocycles. The number of hydrogen-bond acceptors (Lipinski definition) is 9. The summed E-state index contributed by atoms with van der Waals surface area (Å²) in [6.45, 7) is 2.00. The molecule has 3 aromatic heterocycles. The van der Waals surface area contributed by atoms with Gasteiger partial charge in [0, 0.05) is 12.0 Å². The minimum atomic E-state index is -0.0690. The Hall–Kier alpha value is -5.17. The molecular formula is C25H21N9O. The highest BCUT2D eigenvalue weighted by Gasteiger charge is 2.15. The Morgan fingerprint density at radius 2 is 1.77 bits per heavy atom. The summed E-state index contributed by atoms with van der Waals surface area (Å²) in [4.78, 5) is 25.3. The molecule has 172 valence electrons. The summed E-state index contributed by atoms with van der Waals surface area (Å²) in [7, 11) is 0. The van der Waals surface area contributed by atoms with Crippen LogP contribution >= 0.6 is 0 Å². The van der Waals surface area contributed by atoms with Gasteiger partial charge >= 0.3 is 0 Å². The van der Waals surface area contributed by atoms with Crippen LogP contribution < -0.4 is 17.0 Å². The second-order valence-corrected chi connectivity index (χ2v) is 7.33. The molecule has 5 aromatic rings. The van der Waals surface area contributed by atoms with E-state index >= 15 is 0 Å². The zero-order chi connectivity index (χ0) is 24.8. The second kappa shape index (κ2) is 10.2. The van der Waals surface area contributed by atoms with Crippen LogP contribution in [-0.2, 0) is 6.42 Å². The number of nitrogens with zero attached hydrogens (tertiary/aromatic N) is 7. The largest absolute Gasteiger partial charge is 0.382 e. The molecule has 0 amide bonds. The van der Waals surface area contributed by atoms with Gasteiger partial charge in [-0.25, -0.2) is 9.97 Å². The zero-order valence-corrected chi connectivity index (χ0v) is 18.8. The van der Waals surface area contributed by atoms with E-state index in [2.05, 4.69) is 20.2 Å². The van der Waals surface area contributed by atoms with E-state index in [1.807, 2.05) is 67.6 Å². The Bertz CT molecular complexity index is 1580. The molecule has 4 N–H and O–H groups in total.